The van der Waals surface area contributed by atoms with Crippen molar-refractivity contribution in [2.24, 2.45) is 11.3 Å². The molecule has 3 atom stereocenters. The Morgan fingerprint density at radius 3 is 2.40 bits per heavy atom. The molecule has 0 aromatic rings. The quantitative estimate of drug-likeness (QED) is 0.740. The highest BCUT2D eigenvalue weighted by molar-refractivity contribution is 4.87. The van der Waals surface area contributed by atoms with Crippen LogP contribution in [0.25, 0.3) is 0 Å². The number of aliphatic hydroxyl groups excluding tert-OH is 1. The van der Waals surface area contributed by atoms with Gasteiger partial charge in [0, 0.05) is 13.0 Å². The fourth-order valence-electron chi connectivity index (χ4n) is 2.80. The van der Waals surface area contributed by atoms with Gasteiger partial charge in [0.1, 0.15) is 0 Å². The summed E-state index contributed by atoms with van der Waals surface area (Å²) >= 11 is 0. The number of hydrogen-bond donors (Lipinski definition) is 1. The van der Waals surface area contributed by atoms with E-state index in [9.17, 15) is 18.3 Å². The Morgan fingerprint density at radius 1 is 1.20 bits per heavy atom. The zero-order chi connectivity index (χ0) is 15.4. The molecule has 1 aliphatic rings. The second-order valence-electron chi connectivity index (χ2n) is 6.55. The lowest BCUT2D eigenvalue weighted by atomic mass is 9.68. The molecule has 0 spiro atoms. The molecule has 0 bridgehead atoms. The Labute approximate surface area is 119 Å². The average molecular weight is 296 g/mol. The van der Waals surface area contributed by atoms with E-state index in [0.29, 0.717) is 12.3 Å². The summed E-state index contributed by atoms with van der Waals surface area (Å²) in [5.41, 5.74) is 0.188. The van der Waals surface area contributed by atoms with E-state index in [-0.39, 0.29) is 24.5 Å². The first kappa shape index (κ1) is 17.8. The van der Waals surface area contributed by atoms with E-state index in [1.54, 1.807) is 0 Å². The minimum absolute atomic E-state index is 0.0332. The van der Waals surface area contributed by atoms with Gasteiger partial charge in [0.05, 0.1) is 12.2 Å². The second kappa shape index (κ2) is 7.12. The molecule has 0 saturated heterocycles. The van der Waals surface area contributed by atoms with Crippen LogP contribution in [-0.2, 0) is 4.74 Å². The lowest BCUT2D eigenvalue weighted by Crippen LogP contribution is -2.40. The molecule has 5 heteroatoms. The third-order valence-corrected chi connectivity index (χ3v) is 4.71. The van der Waals surface area contributed by atoms with Crippen LogP contribution < -0.4 is 0 Å². The van der Waals surface area contributed by atoms with Crippen LogP contribution in [-0.4, -0.2) is 30.1 Å². The lowest BCUT2D eigenvalue weighted by Gasteiger charge is -2.41. The van der Waals surface area contributed by atoms with E-state index >= 15 is 0 Å². The Hall–Kier alpha value is -0.290. The van der Waals surface area contributed by atoms with Crippen molar-refractivity contribution in [2.45, 2.75) is 77.7 Å². The molecule has 120 valence electrons. The van der Waals surface area contributed by atoms with Crippen molar-refractivity contribution in [3.05, 3.63) is 0 Å². The number of alkyl halides is 3. The van der Waals surface area contributed by atoms with Gasteiger partial charge in [-0.05, 0) is 37.0 Å². The molecule has 1 rings (SSSR count). The van der Waals surface area contributed by atoms with Crippen LogP contribution in [0.1, 0.15) is 59.3 Å². The number of aliphatic hydroxyl groups is 1. The summed E-state index contributed by atoms with van der Waals surface area (Å²) < 4.78 is 41.7. The first-order valence-corrected chi connectivity index (χ1v) is 7.52. The monoisotopic (exact) mass is 296 g/mol. The number of halogens is 3. The van der Waals surface area contributed by atoms with Crippen LogP contribution in [0.15, 0.2) is 0 Å². The minimum atomic E-state index is -4.12. The van der Waals surface area contributed by atoms with Gasteiger partial charge in [0.15, 0.2) is 0 Å². The number of ether oxygens (including phenoxy) is 1. The third-order valence-electron chi connectivity index (χ3n) is 4.71. The summed E-state index contributed by atoms with van der Waals surface area (Å²) in [4.78, 5) is 0. The summed E-state index contributed by atoms with van der Waals surface area (Å²) in [5, 5.41) is 9.94. The fourth-order valence-corrected chi connectivity index (χ4v) is 2.80. The van der Waals surface area contributed by atoms with Gasteiger partial charge in [-0.3, -0.25) is 0 Å². The highest BCUT2D eigenvalue weighted by atomic mass is 19.4. The predicted octanol–water partition coefficient (Wildman–Crippen LogP) is 4.31. The molecule has 0 heterocycles. The minimum Gasteiger partial charge on any atom is -0.390 e. The molecule has 0 radical (unpaired) electrons. The molecule has 1 saturated carbocycles. The van der Waals surface area contributed by atoms with Crippen molar-refractivity contribution in [1.29, 1.82) is 0 Å². The molecule has 1 fully saturated rings. The van der Waals surface area contributed by atoms with Gasteiger partial charge >= 0.3 is 6.18 Å². The topological polar surface area (TPSA) is 29.5 Å². The van der Waals surface area contributed by atoms with Crippen molar-refractivity contribution in [3.63, 3.8) is 0 Å². The maximum atomic E-state index is 12.1. The summed E-state index contributed by atoms with van der Waals surface area (Å²) in [6.45, 7) is 6.62. The smallest absolute Gasteiger partial charge is 0.389 e. The summed E-state index contributed by atoms with van der Waals surface area (Å²) in [6.07, 6.45) is -2.39. The van der Waals surface area contributed by atoms with Crippen molar-refractivity contribution in [2.75, 3.05) is 6.61 Å². The zero-order valence-electron chi connectivity index (χ0n) is 12.7. The van der Waals surface area contributed by atoms with Crippen LogP contribution in [0.5, 0.6) is 0 Å². The number of hydrogen-bond acceptors (Lipinski definition) is 2. The van der Waals surface area contributed by atoms with E-state index in [4.69, 9.17) is 4.74 Å². The van der Waals surface area contributed by atoms with Gasteiger partial charge in [-0.25, -0.2) is 0 Å². The third kappa shape index (κ3) is 5.60. The van der Waals surface area contributed by atoms with Gasteiger partial charge in [0.25, 0.3) is 0 Å². The van der Waals surface area contributed by atoms with Gasteiger partial charge in [-0.1, -0.05) is 27.2 Å². The van der Waals surface area contributed by atoms with Crippen LogP contribution in [0.4, 0.5) is 13.2 Å². The fraction of sp³-hybridized carbons (Fsp3) is 1.00. The van der Waals surface area contributed by atoms with E-state index in [1.165, 1.54) is 0 Å². The molecule has 0 aromatic heterocycles. The highest BCUT2D eigenvalue weighted by Gasteiger charge is 2.37. The zero-order valence-corrected chi connectivity index (χ0v) is 12.7. The summed E-state index contributed by atoms with van der Waals surface area (Å²) in [5.74, 6) is 0.462. The van der Waals surface area contributed by atoms with Gasteiger partial charge < -0.3 is 9.84 Å². The van der Waals surface area contributed by atoms with Gasteiger partial charge in [0.2, 0.25) is 0 Å². The maximum Gasteiger partial charge on any atom is 0.389 e. The van der Waals surface area contributed by atoms with Crippen molar-refractivity contribution in [1.82, 2.24) is 0 Å². The molecule has 1 N–H and O–H groups in total. The van der Waals surface area contributed by atoms with Gasteiger partial charge in [-0.15, -0.1) is 0 Å². The molecule has 0 aromatic carbocycles. The molecule has 2 nitrogen and oxygen atoms in total. The second-order valence-corrected chi connectivity index (χ2v) is 6.55. The largest absolute Gasteiger partial charge is 0.390 e. The molecule has 0 amide bonds. The van der Waals surface area contributed by atoms with E-state index in [0.717, 1.165) is 19.3 Å². The van der Waals surface area contributed by atoms with E-state index in [1.807, 2.05) is 0 Å². The van der Waals surface area contributed by atoms with Crippen LogP contribution in [0, 0.1) is 11.3 Å². The van der Waals surface area contributed by atoms with Crippen LogP contribution in [0.2, 0.25) is 0 Å². The normalized spacial score (nSPS) is 28.6. The molecular formula is C15H27F3O2. The first-order valence-electron chi connectivity index (χ1n) is 7.52. The average Bonchev–Trinajstić information content (AvgIpc) is 2.35. The highest BCUT2D eigenvalue weighted by Crippen LogP contribution is 2.41. The molecule has 3 unspecified atom stereocenters. The Kier molecular flexibility index (Phi) is 6.32. The molecule has 20 heavy (non-hydrogen) atoms. The van der Waals surface area contributed by atoms with Crippen LogP contribution in [0.3, 0.4) is 0 Å². The van der Waals surface area contributed by atoms with Gasteiger partial charge in [-0.2, -0.15) is 13.2 Å². The predicted molar refractivity (Wildman–Crippen MR) is 72.4 cm³/mol. The first-order chi connectivity index (χ1) is 9.15. The maximum absolute atomic E-state index is 12.1. The summed E-state index contributed by atoms with van der Waals surface area (Å²) in [7, 11) is 0. The molecular weight excluding hydrogens is 269 g/mol. The Balaban J connectivity index is 2.40. The van der Waals surface area contributed by atoms with Crippen molar-refractivity contribution >= 4 is 0 Å². The van der Waals surface area contributed by atoms with E-state index < -0.39 is 18.7 Å². The number of rotatable bonds is 6. The van der Waals surface area contributed by atoms with Crippen molar-refractivity contribution < 1.29 is 23.0 Å². The SMILES string of the molecule is CCC(C)(C)C1CCC(O)C(OCCCC(F)(F)F)C1. The molecule has 1 aliphatic carbocycles. The Morgan fingerprint density at radius 2 is 1.85 bits per heavy atom. The lowest BCUT2D eigenvalue weighted by molar-refractivity contribution is -0.142. The molecule has 0 aliphatic heterocycles. The van der Waals surface area contributed by atoms with Crippen LogP contribution >= 0.6 is 0 Å². The summed E-state index contributed by atoms with van der Waals surface area (Å²) in [6, 6.07) is 0. The Bertz CT molecular complexity index is 289. The van der Waals surface area contributed by atoms with E-state index in [2.05, 4.69) is 20.8 Å². The van der Waals surface area contributed by atoms with Crippen molar-refractivity contribution in [3.8, 4) is 0 Å². The standard InChI is InChI=1S/C15H27F3O2/c1-4-14(2,3)11-6-7-12(19)13(10-11)20-9-5-8-15(16,17)18/h11-13,19H,4-10H2,1-3H3.